The second kappa shape index (κ2) is 11.1. The van der Waals surface area contributed by atoms with Gasteiger partial charge in [-0.3, -0.25) is 4.21 Å². The molecule has 0 aliphatic carbocycles. The Morgan fingerprint density at radius 2 is 1.55 bits per heavy atom. The van der Waals surface area contributed by atoms with Crippen molar-refractivity contribution < 1.29 is 13.9 Å². The average molecular weight is 561 g/mol. The molecule has 0 aliphatic rings. The van der Waals surface area contributed by atoms with Crippen LogP contribution in [0.15, 0.2) is 60.7 Å². The number of rotatable bonds is 9. The van der Waals surface area contributed by atoms with Gasteiger partial charge >= 0.3 is 0 Å². The van der Waals surface area contributed by atoms with Gasteiger partial charge in [-0.25, -0.2) is 0 Å². The van der Waals surface area contributed by atoms with Crippen LogP contribution in [0, 0.1) is 5.41 Å². The maximum absolute atomic E-state index is 11.9. The van der Waals surface area contributed by atoms with Crippen LogP contribution in [-0.2, 0) is 21.9 Å². The lowest BCUT2D eigenvalue weighted by Crippen LogP contribution is -2.30. The Hall–Kier alpha value is -3.03. The molecule has 0 fully saturated rings. The van der Waals surface area contributed by atoms with Gasteiger partial charge in [-0.15, -0.1) is 10.2 Å². The summed E-state index contributed by atoms with van der Waals surface area (Å²) >= 11 is -2.20. The van der Waals surface area contributed by atoms with Crippen molar-refractivity contribution >= 4 is 22.1 Å². The van der Waals surface area contributed by atoms with Crippen molar-refractivity contribution in [1.82, 2.24) is 15.0 Å². The van der Waals surface area contributed by atoms with Gasteiger partial charge in [-0.05, 0) is 81.8 Å². The molecule has 2 unspecified atom stereocenters. The minimum Gasteiger partial charge on any atom is -0.772 e. The monoisotopic (exact) mass is 560 g/mol. The number of aromatic hydroxyl groups is 1. The molecule has 1 aromatic heterocycles. The van der Waals surface area contributed by atoms with Crippen molar-refractivity contribution in [3.8, 4) is 11.4 Å². The smallest absolute Gasteiger partial charge is 0.119 e. The first-order valence-electron chi connectivity index (χ1n) is 14.0. The number of nitrogens with zero attached hydrogens (tertiary/aromatic N) is 3. The van der Waals surface area contributed by atoms with Crippen LogP contribution in [0.1, 0.15) is 102 Å². The van der Waals surface area contributed by atoms with Gasteiger partial charge in [0.25, 0.3) is 0 Å². The standard InChI is InChI=1S/C33H43N3O3S/c1-9-12-30(40(38)39)22-15-18-27-28(19-22)35-36(34-27)23-16-17-24(26(20-23)32(5,6)21-31(2,3)4)33(7,8)25-13-10-11-14-29(25)37/h10-11,13-20,30,37H,9,12,21H2,1-8H3,(H,38,39)/p-1. The van der Waals surface area contributed by atoms with Crippen LogP contribution in [0.3, 0.4) is 0 Å². The highest BCUT2D eigenvalue weighted by molar-refractivity contribution is 7.79. The molecule has 0 saturated heterocycles. The summed E-state index contributed by atoms with van der Waals surface area (Å²) in [7, 11) is 0. The van der Waals surface area contributed by atoms with Crippen LogP contribution in [0.2, 0.25) is 0 Å². The van der Waals surface area contributed by atoms with Crippen molar-refractivity contribution in [1.29, 1.82) is 0 Å². The number of para-hydroxylation sites is 1. The lowest BCUT2D eigenvalue weighted by Gasteiger charge is -2.38. The fourth-order valence-electron chi connectivity index (χ4n) is 6.21. The van der Waals surface area contributed by atoms with Crippen LogP contribution in [-0.4, -0.2) is 28.9 Å². The third-order valence-corrected chi connectivity index (χ3v) is 8.72. The van der Waals surface area contributed by atoms with Crippen molar-refractivity contribution in [3.05, 3.63) is 82.9 Å². The molecule has 3 aromatic carbocycles. The molecule has 0 spiro atoms. The Kier molecular flexibility index (Phi) is 8.30. The molecule has 2 atom stereocenters. The highest BCUT2D eigenvalue weighted by Crippen LogP contribution is 2.45. The molecule has 0 saturated carbocycles. The van der Waals surface area contributed by atoms with E-state index in [2.05, 4.69) is 60.6 Å². The zero-order chi connectivity index (χ0) is 29.5. The number of phenolic OH excluding ortho intramolecular Hbond substituents is 1. The van der Waals surface area contributed by atoms with Crippen LogP contribution >= 0.6 is 0 Å². The Morgan fingerprint density at radius 3 is 2.17 bits per heavy atom. The molecule has 4 aromatic rings. The number of hydrogen-bond acceptors (Lipinski definition) is 5. The maximum Gasteiger partial charge on any atom is 0.119 e. The molecular formula is C33H42N3O3S-. The van der Waals surface area contributed by atoms with E-state index < -0.39 is 21.7 Å². The molecule has 1 heterocycles. The third kappa shape index (κ3) is 6.16. The van der Waals surface area contributed by atoms with E-state index >= 15 is 0 Å². The van der Waals surface area contributed by atoms with E-state index in [1.807, 2.05) is 49.4 Å². The topological polar surface area (TPSA) is 91.1 Å². The Morgan fingerprint density at radius 1 is 0.875 bits per heavy atom. The lowest BCUT2D eigenvalue weighted by atomic mass is 9.66. The molecule has 7 heteroatoms. The van der Waals surface area contributed by atoms with Gasteiger partial charge in [0, 0.05) is 16.2 Å². The minimum atomic E-state index is -2.20. The Labute approximate surface area is 241 Å². The summed E-state index contributed by atoms with van der Waals surface area (Å²) in [5.41, 5.74) is 5.62. The first-order valence-corrected chi connectivity index (χ1v) is 15.2. The van der Waals surface area contributed by atoms with Crippen molar-refractivity contribution in [3.63, 3.8) is 0 Å². The van der Waals surface area contributed by atoms with Gasteiger partial charge < -0.3 is 9.66 Å². The quantitative estimate of drug-likeness (QED) is 0.210. The van der Waals surface area contributed by atoms with Crippen molar-refractivity contribution in [2.24, 2.45) is 5.41 Å². The SMILES string of the molecule is CCCC(c1ccc2nn(-c3ccc(C(C)(C)c4ccccc4O)c(C(C)(C)CC(C)(C)C)c3)nc2c1)S(=O)[O-]. The maximum atomic E-state index is 11.9. The highest BCUT2D eigenvalue weighted by atomic mass is 32.2. The first-order chi connectivity index (χ1) is 18.6. The Bertz CT molecular complexity index is 1530. The van der Waals surface area contributed by atoms with Crippen LogP contribution in [0.25, 0.3) is 16.7 Å². The van der Waals surface area contributed by atoms with E-state index in [4.69, 9.17) is 10.2 Å². The largest absolute Gasteiger partial charge is 0.772 e. The summed E-state index contributed by atoms with van der Waals surface area (Å²) in [6, 6.07) is 19.4. The van der Waals surface area contributed by atoms with Gasteiger partial charge in [-0.2, -0.15) is 4.80 Å². The summed E-state index contributed by atoms with van der Waals surface area (Å²) in [5.74, 6) is 0.285. The lowest BCUT2D eigenvalue weighted by molar-refractivity contribution is 0.281. The fraction of sp³-hybridized carbons (Fsp3) is 0.455. The number of hydrogen-bond donors (Lipinski definition) is 1. The van der Waals surface area contributed by atoms with Gasteiger partial charge in [-0.1, -0.05) is 92.1 Å². The molecule has 40 heavy (non-hydrogen) atoms. The number of aromatic nitrogens is 3. The fourth-order valence-corrected chi connectivity index (χ4v) is 7.01. The van der Waals surface area contributed by atoms with E-state index in [0.29, 0.717) is 17.5 Å². The second-order valence-corrected chi connectivity index (χ2v) is 14.4. The predicted octanol–water partition coefficient (Wildman–Crippen LogP) is 7.89. The number of phenols is 1. The van der Waals surface area contributed by atoms with Gasteiger partial charge in [0.2, 0.25) is 0 Å². The third-order valence-electron chi connectivity index (χ3n) is 7.75. The van der Waals surface area contributed by atoms with E-state index in [1.165, 1.54) is 5.56 Å². The molecule has 6 nitrogen and oxygen atoms in total. The second-order valence-electron chi connectivity index (χ2n) is 13.3. The normalized spacial score (nSPS) is 14.4. The zero-order valence-electron chi connectivity index (χ0n) is 25.0. The average Bonchev–Trinajstić information content (AvgIpc) is 3.29. The molecule has 4 rings (SSSR count). The van der Waals surface area contributed by atoms with E-state index in [0.717, 1.165) is 35.2 Å². The van der Waals surface area contributed by atoms with Gasteiger partial charge in [0.15, 0.2) is 0 Å². The van der Waals surface area contributed by atoms with Gasteiger partial charge in [0.1, 0.15) is 16.8 Å². The Balaban J connectivity index is 1.86. The highest BCUT2D eigenvalue weighted by Gasteiger charge is 2.36. The predicted molar refractivity (Wildman–Crippen MR) is 163 cm³/mol. The van der Waals surface area contributed by atoms with E-state index in [-0.39, 0.29) is 16.6 Å². The van der Waals surface area contributed by atoms with Crippen molar-refractivity contribution in [2.75, 3.05) is 0 Å². The van der Waals surface area contributed by atoms with Gasteiger partial charge in [0.05, 0.1) is 5.69 Å². The van der Waals surface area contributed by atoms with Crippen LogP contribution in [0.5, 0.6) is 5.75 Å². The summed E-state index contributed by atoms with van der Waals surface area (Å²) in [4.78, 5) is 1.64. The molecule has 214 valence electrons. The molecule has 0 aliphatic heterocycles. The van der Waals surface area contributed by atoms with E-state index in [1.54, 1.807) is 10.9 Å². The molecule has 0 bridgehead atoms. The summed E-state index contributed by atoms with van der Waals surface area (Å²) in [5, 5.41) is 19.7. The summed E-state index contributed by atoms with van der Waals surface area (Å²) in [6.07, 6.45) is 2.30. The molecule has 0 amide bonds. The number of fused-ring (bicyclic) bond motifs is 1. The molecule has 0 radical (unpaired) electrons. The molecular weight excluding hydrogens is 518 g/mol. The zero-order valence-corrected chi connectivity index (χ0v) is 25.8. The van der Waals surface area contributed by atoms with Crippen LogP contribution < -0.4 is 0 Å². The van der Waals surface area contributed by atoms with Crippen molar-refractivity contribution in [2.45, 2.75) is 90.7 Å². The van der Waals surface area contributed by atoms with Crippen LogP contribution in [0.4, 0.5) is 0 Å². The summed E-state index contributed by atoms with van der Waals surface area (Å²) in [6.45, 7) is 17.6. The van der Waals surface area contributed by atoms with E-state index in [9.17, 15) is 13.9 Å². The minimum absolute atomic E-state index is 0.0987. The molecule has 1 N–H and O–H groups in total. The summed E-state index contributed by atoms with van der Waals surface area (Å²) < 4.78 is 23.7. The number of benzene rings is 3. The first kappa shape index (κ1) is 29.9.